The molecule has 0 aliphatic carbocycles. The number of thiophene rings is 1. The van der Waals surface area contributed by atoms with Crippen molar-refractivity contribution < 1.29 is 8.42 Å². The van der Waals surface area contributed by atoms with Gasteiger partial charge in [0.25, 0.3) is 10.0 Å². The molecule has 0 bridgehead atoms. The Balaban J connectivity index is 2.24. The van der Waals surface area contributed by atoms with Crippen LogP contribution in [0.1, 0.15) is 11.3 Å². The topological polar surface area (TPSA) is 55.2 Å². The summed E-state index contributed by atoms with van der Waals surface area (Å²) in [6, 6.07) is 3.11. The van der Waals surface area contributed by atoms with Crippen molar-refractivity contribution in [1.29, 1.82) is 0 Å². The van der Waals surface area contributed by atoms with Gasteiger partial charge < -0.3 is 0 Å². The van der Waals surface area contributed by atoms with Crippen LogP contribution in [-0.4, -0.2) is 29.6 Å². The van der Waals surface area contributed by atoms with Crippen molar-refractivity contribution in [1.82, 2.24) is 14.1 Å². The first-order chi connectivity index (χ1) is 8.80. The van der Waals surface area contributed by atoms with Crippen LogP contribution in [0.2, 0.25) is 4.34 Å². The summed E-state index contributed by atoms with van der Waals surface area (Å²) in [6.07, 6.45) is 1.82. The number of hydrogen-bond donors (Lipinski definition) is 0. The molecule has 0 fully saturated rings. The van der Waals surface area contributed by atoms with Crippen LogP contribution < -0.4 is 0 Å². The number of hydrogen-bond acceptors (Lipinski definition) is 4. The Bertz CT molecular complexity index is 691. The van der Waals surface area contributed by atoms with Crippen LogP contribution in [-0.2, 0) is 23.6 Å². The molecule has 0 amide bonds. The SMILES string of the molecule is Cc1nn(C)cc1CN(C)S(=O)(=O)c1ccc(Cl)s1. The Kier molecular flexibility index (Phi) is 4.00. The van der Waals surface area contributed by atoms with E-state index in [9.17, 15) is 8.42 Å². The summed E-state index contributed by atoms with van der Waals surface area (Å²) < 4.78 is 28.3. The molecule has 5 nitrogen and oxygen atoms in total. The maximum Gasteiger partial charge on any atom is 0.252 e. The van der Waals surface area contributed by atoms with Crippen LogP contribution >= 0.6 is 22.9 Å². The summed E-state index contributed by atoms with van der Waals surface area (Å²) >= 11 is 6.84. The van der Waals surface area contributed by atoms with Gasteiger partial charge in [0.2, 0.25) is 0 Å². The molecule has 0 saturated heterocycles. The quantitative estimate of drug-likeness (QED) is 0.868. The summed E-state index contributed by atoms with van der Waals surface area (Å²) in [7, 11) is -0.133. The van der Waals surface area contributed by atoms with Gasteiger partial charge in [0.15, 0.2) is 0 Å². The fraction of sp³-hybridized carbons (Fsp3) is 0.364. The summed E-state index contributed by atoms with van der Waals surface area (Å²) in [6.45, 7) is 2.15. The van der Waals surface area contributed by atoms with Gasteiger partial charge in [-0.25, -0.2) is 8.42 Å². The Morgan fingerprint density at radius 1 is 1.47 bits per heavy atom. The highest BCUT2D eigenvalue weighted by Crippen LogP contribution is 2.28. The lowest BCUT2D eigenvalue weighted by molar-refractivity contribution is 0.467. The van der Waals surface area contributed by atoms with Gasteiger partial charge in [-0.1, -0.05) is 11.6 Å². The molecule has 0 N–H and O–H groups in total. The molecule has 104 valence electrons. The molecule has 0 spiro atoms. The first kappa shape index (κ1) is 14.5. The highest BCUT2D eigenvalue weighted by atomic mass is 35.5. The third kappa shape index (κ3) is 3.00. The lowest BCUT2D eigenvalue weighted by Gasteiger charge is -2.15. The van der Waals surface area contributed by atoms with Crippen molar-refractivity contribution in [2.75, 3.05) is 7.05 Å². The normalized spacial score (nSPS) is 12.3. The Morgan fingerprint density at radius 3 is 2.63 bits per heavy atom. The largest absolute Gasteiger partial charge is 0.275 e. The summed E-state index contributed by atoms with van der Waals surface area (Å²) in [5, 5.41) is 4.20. The van der Waals surface area contributed by atoms with E-state index >= 15 is 0 Å². The fourth-order valence-electron chi connectivity index (χ4n) is 1.72. The molecule has 8 heteroatoms. The summed E-state index contributed by atoms with van der Waals surface area (Å²) in [4.78, 5) is 0. The first-order valence-electron chi connectivity index (χ1n) is 5.51. The molecule has 0 saturated carbocycles. The molecular weight excluding hydrogens is 306 g/mol. The summed E-state index contributed by atoms with van der Waals surface area (Å²) in [5.74, 6) is 0. The predicted octanol–water partition coefficient (Wildman–Crippen LogP) is 2.26. The highest BCUT2D eigenvalue weighted by molar-refractivity contribution is 7.91. The lowest BCUT2D eigenvalue weighted by Crippen LogP contribution is -2.25. The molecule has 2 heterocycles. The molecule has 0 aromatic carbocycles. The van der Waals surface area contributed by atoms with E-state index in [0.29, 0.717) is 4.34 Å². The van der Waals surface area contributed by atoms with Crippen LogP contribution in [0.15, 0.2) is 22.5 Å². The van der Waals surface area contributed by atoms with Crippen molar-refractivity contribution in [3.05, 3.63) is 33.9 Å². The molecule has 0 atom stereocenters. The Morgan fingerprint density at radius 2 is 2.16 bits per heavy atom. The second-order valence-corrected chi connectivity index (χ2v) is 8.22. The van der Waals surface area contributed by atoms with Crippen LogP contribution in [0.3, 0.4) is 0 Å². The monoisotopic (exact) mass is 319 g/mol. The minimum Gasteiger partial charge on any atom is -0.275 e. The molecule has 2 aromatic rings. The third-order valence-corrected chi connectivity index (χ3v) is 6.22. The van der Waals surface area contributed by atoms with E-state index in [0.717, 1.165) is 22.6 Å². The zero-order chi connectivity index (χ0) is 14.2. The van der Waals surface area contributed by atoms with Crippen LogP contribution in [0.5, 0.6) is 0 Å². The second kappa shape index (κ2) is 5.24. The highest BCUT2D eigenvalue weighted by Gasteiger charge is 2.23. The number of aryl methyl sites for hydroxylation is 2. The van der Waals surface area contributed by atoms with E-state index in [-0.39, 0.29) is 10.8 Å². The number of nitrogens with zero attached hydrogens (tertiary/aromatic N) is 3. The van der Waals surface area contributed by atoms with Gasteiger partial charge in [-0.15, -0.1) is 11.3 Å². The van der Waals surface area contributed by atoms with Crippen molar-refractivity contribution in [2.24, 2.45) is 7.05 Å². The molecule has 0 unspecified atom stereocenters. The van der Waals surface area contributed by atoms with Gasteiger partial charge in [-0.05, 0) is 19.1 Å². The minimum absolute atomic E-state index is 0.251. The number of halogens is 1. The summed E-state index contributed by atoms with van der Waals surface area (Å²) in [5.41, 5.74) is 1.71. The maximum atomic E-state index is 12.3. The van der Waals surface area contributed by atoms with Gasteiger partial charge in [-0.3, -0.25) is 4.68 Å². The standard InChI is InChI=1S/C11H14ClN3O2S2/c1-8-9(6-14(2)13-8)7-15(3)19(16,17)11-5-4-10(12)18-11/h4-6H,7H2,1-3H3. The Hall–Kier alpha value is -0.890. The van der Waals surface area contributed by atoms with Gasteiger partial charge >= 0.3 is 0 Å². The van der Waals surface area contributed by atoms with E-state index < -0.39 is 10.0 Å². The molecule has 0 radical (unpaired) electrons. The smallest absolute Gasteiger partial charge is 0.252 e. The van der Waals surface area contributed by atoms with Gasteiger partial charge in [-0.2, -0.15) is 9.40 Å². The molecule has 19 heavy (non-hydrogen) atoms. The fourth-order valence-corrected chi connectivity index (χ4v) is 4.56. The molecular formula is C11H14ClN3O2S2. The van der Waals surface area contributed by atoms with Crippen LogP contribution in [0.25, 0.3) is 0 Å². The molecule has 2 rings (SSSR count). The average molecular weight is 320 g/mol. The minimum atomic E-state index is -3.49. The number of rotatable bonds is 4. The van der Waals surface area contributed by atoms with Gasteiger partial charge in [0, 0.05) is 32.4 Å². The molecule has 2 aromatic heterocycles. The van der Waals surface area contributed by atoms with Gasteiger partial charge in [0.1, 0.15) is 4.21 Å². The second-order valence-electron chi connectivity index (χ2n) is 4.23. The third-order valence-electron chi connectivity index (χ3n) is 2.72. The van der Waals surface area contributed by atoms with E-state index in [1.807, 2.05) is 20.2 Å². The van der Waals surface area contributed by atoms with E-state index in [1.54, 1.807) is 17.8 Å². The zero-order valence-corrected chi connectivity index (χ0v) is 13.2. The van der Waals surface area contributed by atoms with Crippen LogP contribution in [0.4, 0.5) is 0 Å². The van der Waals surface area contributed by atoms with Crippen molar-refractivity contribution >= 4 is 33.0 Å². The van der Waals surface area contributed by atoms with Crippen LogP contribution in [0, 0.1) is 6.92 Å². The number of sulfonamides is 1. The lowest BCUT2D eigenvalue weighted by atomic mass is 10.3. The number of aromatic nitrogens is 2. The van der Waals surface area contributed by atoms with E-state index in [4.69, 9.17) is 11.6 Å². The maximum absolute atomic E-state index is 12.3. The van der Waals surface area contributed by atoms with Crippen molar-refractivity contribution in [3.8, 4) is 0 Å². The van der Waals surface area contributed by atoms with Crippen molar-refractivity contribution in [2.45, 2.75) is 17.7 Å². The van der Waals surface area contributed by atoms with E-state index in [1.165, 1.54) is 10.4 Å². The predicted molar refractivity (Wildman–Crippen MR) is 75.9 cm³/mol. The average Bonchev–Trinajstić information content (AvgIpc) is 2.86. The Labute approximate surface area is 121 Å². The first-order valence-corrected chi connectivity index (χ1v) is 8.15. The van der Waals surface area contributed by atoms with Crippen molar-refractivity contribution in [3.63, 3.8) is 0 Å². The molecule has 0 aliphatic rings. The molecule has 0 aliphatic heterocycles. The van der Waals surface area contributed by atoms with E-state index in [2.05, 4.69) is 5.10 Å². The zero-order valence-electron chi connectivity index (χ0n) is 10.8. The van der Waals surface area contributed by atoms with Gasteiger partial charge in [0.05, 0.1) is 10.0 Å².